The van der Waals surface area contributed by atoms with Gasteiger partial charge in [-0.3, -0.25) is 14.3 Å². The van der Waals surface area contributed by atoms with E-state index in [4.69, 9.17) is 0 Å². The molecule has 2 aliphatic rings. The molecule has 0 unspecified atom stereocenters. The third-order valence-corrected chi connectivity index (χ3v) is 5.33. The van der Waals surface area contributed by atoms with Crippen molar-refractivity contribution in [3.63, 3.8) is 0 Å². The van der Waals surface area contributed by atoms with Gasteiger partial charge in [-0.2, -0.15) is 5.10 Å². The lowest BCUT2D eigenvalue weighted by Crippen LogP contribution is -2.62. The predicted octanol–water partition coefficient (Wildman–Crippen LogP) is 0.140. The van der Waals surface area contributed by atoms with Crippen molar-refractivity contribution in [3.05, 3.63) is 17.0 Å². The summed E-state index contributed by atoms with van der Waals surface area (Å²) in [4.78, 5) is 27.0. The monoisotopic (exact) mass is 320 g/mol. The molecule has 126 valence electrons. The maximum absolute atomic E-state index is 12.9. The third-order valence-electron chi connectivity index (χ3n) is 5.33. The van der Waals surface area contributed by atoms with Crippen LogP contribution in [0.5, 0.6) is 0 Å². The number of aliphatic hydroxyl groups excluding tert-OH is 1. The Labute approximate surface area is 135 Å². The summed E-state index contributed by atoms with van der Waals surface area (Å²) in [6.45, 7) is 5.13. The van der Waals surface area contributed by atoms with Crippen molar-refractivity contribution in [2.24, 2.45) is 12.5 Å². The third kappa shape index (κ3) is 2.43. The van der Waals surface area contributed by atoms with Crippen LogP contribution in [-0.2, 0) is 11.8 Å². The van der Waals surface area contributed by atoms with Crippen LogP contribution < -0.4 is 5.32 Å². The number of carbonyl (C=O) groups is 2. The van der Waals surface area contributed by atoms with Crippen LogP contribution in [0.4, 0.5) is 0 Å². The Morgan fingerprint density at radius 1 is 1.43 bits per heavy atom. The fraction of sp³-hybridized carbons (Fsp3) is 0.688. The van der Waals surface area contributed by atoms with E-state index in [0.717, 1.165) is 17.7 Å². The minimum atomic E-state index is -0.867. The second-order valence-corrected chi connectivity index (χ2v) is 6.73. The molecule has 0 saturated carbocycles. The van der Waals surface area contributed by atoms with Crippen molar-refractivity contribution in [1.29, 1.82) is 0 Å². The van der Waals surface area contributed by atoms with E-state index in [1.165, 1.54) is 0 Å². The normalized spacial score (nSPS) is 28.1. The van der Waals surface area contributed by atoms with Gasteiger partial charge in [0.2, 0.25) is 5.91 Å². The van der Waals surface area contributed by atoms with Crippen LogP contribution in [0, 0.1) is 19.3 Å². The second kappa shape index (κ2) is 5.63. The standard InChI is InChI=1S/C16H24N4O3/c1-10-11(2)18-19(3)13(10)14(22)20-8-5-12(21)16(9-20)6-4-7-17-15(16)23/h12,21H,4-9H2,1-3H3,(H,17,23)/t12-,16+/m0/s1. The summed E-state index contributed by atoms with van der Waals surface area (Å²) >= 11 is 0. The van der Waals surface area contributed by atoms with E-state index in [0.29, 0.717) is 31.6 Å². The van der Waals surface area contributed by atoms with Gasteiger partial charge in [0.15, 0.2) is 0 Å². The Bertz CT molecular complexity index is 654. The number of nitrogens with zero attached hydrogens (tertiary/aromatic N) is 3. The molecule has 2 amide bonds. The van der Waals surface area contributed by atoms with E-state index in [1.807, 2.05) is 13.8 Å². The first kappa shape index (κ1) is 16.0. The molecule has 0 bridgehead atoms. The topological polar surface area (TPSA) is 87.5 Å². The summed E-state index contributed by atoms with van der Waals surface area (Å²) in [5.41, 5.74) is 1.39. The average molecular weight is 320 g/mol. The molecule has 3 heterocycles. The SMILES string of the molecule is Cc1nn(C)c(C(=O)N2CC[C@H](O)[C@@]3(CCCNC3=O)C2)c1C. The number of aliphatic hydroxyl groups is 1. The lowest BCUT2D eigenvalue weighted by molar-refractivity contribution is -0.147. The van der Waals surface area contributed by atoms with Gasteiger partial charge in [0.05, 0.1) is 17.2 Å². The van der Waals surface area contributed by atoms with E-state index >= 15 is 0 Å². The quantitative estimate of drug-likeness (QED) is 0.770. The summed E-state index contributed by atoms with van der Waals surface area (Å²) in [5.74, 6) is -0.248. The predicted molar refractivity (Wildman–Crippen MR) is 83.9 cm³/mol. The number of piperidine rings is 2. The zero-order chi connectivity index (χ0) is 16.8. The largest absolute Gasteiger partial charge is 0.392 e. The fourth-order valence-corrected chi connectivity index (χ4v) is 3.83. The summed E-state index contributed by atoms with van der Waals surface area (Å²) in [7, 11) is 1.76. The maximum Gasteiger partial charge on any atom is 0.272 e. The molecular weight excluding hydrogens is 296 g/mol. The summed E-state index contributed by atoms with van der Waals surface area (Å²) < 4.78 is 1.60. The Kier molecular flexibility index (Phi) is 3.91. The van der Waals surface area contributed by atoms with Gasteiger partial charge in [0, 0.05) is 32.2 Å². The molecule has 2 saturated heterocycles. The van der Waals surface area contributed by atoms with Crippen LogP contribution in [-0.4, -0.2) is 57.3 Å². The molecule has 7 nitrogen and oxygen atoms in total. The lowest BCUT2D eigenvalue weighted by atomic mass is 9.71. The molecule has 2 atom stereocenters. The number of hydrogen-bond acceptors (Lipinski definition) is 4. The average Bonchev–Trinajstić information content (AvgIpc) is 2.77. The van der Waals surface area contributed by atoms with Crippen LogP contribution >= 0.6 is 0 Å². The number of aryl methyl sites for hydroxylation is 2. The molecule has 2 fully saturated rings. The lowest BCUT2D eigenvalue weighted by Gasteiger charge is -2.46. The minimum Gasteiger partial charge on any atom is -0.392 e. The van der Waals surface area contributed by atoms with Crippen molar-refractivity contribution in [3.8, 4) is 0 Å². The van der Waals surface area contributed by atoms with Gasteiger partial charge >= 0.3 is 0 Å². The van der Waals surface area contributed by atoms with Gasteiger partial charge in [0.1, 0.15) is 5.69 Å². The molecule has 0 aliphatic carbocycles. The summed E-state index contributed by atoms with van der Waals surface area (Å²) in [6.07, 6.45) is 1.18. The summed E-state index contributed by atoms with van der Waals surface area (Å²) in [5, 5.41) is 17.6. The molecule has 23 heavy (non-hydrogen) atoms. The molecule has 2 aliphatic heterocycles. The fourth-order valence-electron chi connectivity index (χ4n) is 3.83. The van der Waals surface area contributed by atoms with Crippen molar-refractivity contribution in [2.45, 2.75) is 39.2 Å². The molecule has 7 heteroatoms. The minimum absolute atomic E-state index is 0.116. The number of nitrogens with one attached hydrogen (secondary N) is 1. The molecule has 0 aromatic carbocycles. The highest BCUT2D eigenvalue weighted by Gasteiger charge is 2.50. The number of hydrogen-bond donors (Lipinski definition) is 2. The van der Waals surface area contributed by atoms with E-state index < -0.39 is 11.5 Å². The van der Waals surface area contributed by atoms with Crippen LogP contribution in [0.3, 0.4) is 0 Å². The molecule has 1 aromatic heterocycles. The van der Waals surface area contributed by atoms with Crippen molar-refractivity contribution in [2.75, 3.05) is 19.6 Å². The zero-order valence-corrected chi connectivity index (χ0v) is 13.9. The Morgan fingerprint density at radius 3 is 2.78 bits per heavy atom. The van der Waals surface area contributed by atoms with Gasteiger partial charge in [0.25, 0.3) is 5.91 Å². The first-order chi connectivity index (χ1) is 10.9. The number of likely N-dealkylation sites (tertiary alicyclic amines) is 1. The van der Waals surface area contributed by atoms with Crippen molar-refractivity contribution < 1.29 is 14.7 Å². The molecule has 1 aromatic rings. The van der Waals surface area contributed by atoms with E-state index in [1.54, 1.807) is 16.6 Å². The zero-order valence-electron chi connectivity index (χ0n) is 13.9. The van der Waals surface area contributed by atoms with Crippen LogP contribution in [0.1, 0.15) is 41.0 Å². The highest BCUT2D eigenvalue weighted by Crippen LogP contribution is 2.37. The number of amides is 2. The van der Waals surface area contributed by atoms with Gasteiger partial charge in [-0.15, -0.1) is 0 Å². The highest BCUT2D eigenvalue weighted by molar-refractivity contribution is 5.95. The van der Waals surface area contributed by atoms with Gasteiger partial charge < -0.3 is 15.3 Å². The van der Waals surface area contributed by atoms with Crippen molar-refractivity contribution >= 4 is 11.8 Å². The van der Waals surface area contributed by atoms with E-state index in [9.17, 15) is 14.7 Å². The molecular formula is C16H24N4O3. The van der Waals surface area contributed by atoms with E-state index in [-0.39, 0.29) is 18.4 Å². The van der Waals surface area contributed by atoms with Crippen LogP contribution in [0.25, 0.3) is 0 Å². The molecule has 1 spiro atoms. The van der Waals surface area contributed by atoms with Gasteiger partial charge in [-0.05, 0) is 33.1 Å². The smallest absolute Gasteiger partial charge is 0.272 e. The van der Waals surface area contributed by atoms with Crippen molar-refractivity contribution in [1.82, 2.24) is 20.0 Å². The second-order valence-electron chi connectivity index (χ2n) is 6.73. The molecule has 0 radical (unpaired) electrons. The highest BCUT2D eigenvalue weighted by atomic mass is 16.3. The summed E-state index contributed by atoms with van der Waals surface area (Å²) in [6, 6.07) is 0. The number of rotatable bonds is 1. The van der Waals surface area contributed by atoms with Gasteiger partial charge in [-0.25, -0.2) is 0 Å². The van der Waals surface area contributed by atoms with E-state index in [2.05, 4.69) is 10.4 Å². The number of aromatic nitrogens is 2. The molecule has 3 rings (SSSR count). The Hall–Kier alpha value is -1.89. The Balaban J connectivity index is 1.89. The first-order valence-corrected chi connectivity index (χ1v) is 8.12. The van der Waals surface area contributed by atoms with Gasteiger partial charge in [-0.1, -0.05) is 0 Å². The number of carbonyl (C=O) groups excluding carboxylic acids is 2. The molecule has 2 N–H and O–H groups in total. The maximum atomic E-state index is 12.9. The van der Waals surface area contributed by atoms with Crippen LogP contribution in [0.15, 0.2) is 0 Å². The first-order valence-electron chi connectivity index (χ1n) is 8.12. The van der Waals surface area contributed by atoms with Crippen LogP contribution in [0.2, 0.25) is 0 Å². The Morgan fingerprint density at radius 2 is 2.17 bits per heavy atom.